The quantitative estimate of drug-likeness (QED) is 0.291. The van der Waals surface area contributed by atoms with Gasteiger partial charge in [0.25, 0.3) is 5.92 Å². The standard InChI is InChI=1S/C28H27F2N7O3/c1-17-10-18(4-5-22(17)39-19-6-9-37-25(13-19)32-16-34-37)35-27-26-21(31-15-33-27)11-20(38-3)12-23(26)40-24-7-8-36(2)14-28(24,29)30/h4-6,9-13,15-16,24H,7-8,14H2,1-3H3,(H,31,33,35)/i2D3,24D. The van der Waals surface area contributed by atoms with Crippen LogP contribution in [0.1, 0.15) is 17.5 Å². The summed E-state index contributed by atoms with van der Waals surface area (Å²) in [6.45, 7) is -2.29. The van der Waals surface area contributed by atoms with Gasteiger partial charge in [0.05, 0.1) is 25.9 Å². The Morgan fingerprint density at radius 3 is 2.77 bits per heavy atom. The Labute approximate surface area is 234 Å². The van der Waals surface area contributed by atoms with Gasteiger partial charge in [-0.1, -0.05) is 0 Å². The van der Waals surface area contributed by atoms with E-state index in [9.17, 15) is 0 Å². The monoisotopic (exact) mass is 551 g/mol. The summed E-state index contributed by atoms with van der Waals surface area (Å²) in [5.74, 6) is -2.24. The molecular formula is C28H27F2N7O3. The van der Waals surface area contributed by atoms with Crippen LogP contribution in [0, 0.1) is 6.92 Å². The molecule has 1 fully saturated rings. The molecule has 1 saturated heterocycles. The van der Waals surface area contributed by atoms with Crippen molar-refractivity contribution < 1.29 is 28.5 Å². The van der Waals surface area contributed by atoms with Crippen LogP contribution in [0.5, 0.6) is 23.0 Å². The normalized spacial score (nSPS) is 20.8. The van der Waals surface area contributed by atoms with Crippen molar-refractivity contribution in [2.24, 2.45) is 0 Å². The van der Waals surface area contributed by atoms with Crippen molar-refractivity contribution in [1.82, 2.24) is 29.5 Å². The third-order valence-electron chi connectivity index (χ3n) is 6.47. The van der Waals surface area contributed by atoms with Gasteiger partial charge in [0.15, 0.2) is 11.7 Å². The molecule has 0 radical (unpaired) electrons. The molecule has 3 aromatic heterocycles. The van der Waals surface area contributed by atoms with E-state index >= 15 is 8.78 Å². The maximum absolute atomic E-state index is 15.3. The number of likely N-dealkylation sites (tertiary alicyclic amines) is 1. The van der Waals surface area contributed by atoms with Crippen LogP contribution < -0.4 is 19.5 Å². The number of hydrogen-bond donors (Lipinski definition) is 1. The lowest BCUT2D eigenvalue weighted by Crippen LogP contribution is -2.52. The van der Waals surface area contributed by atoms with Crippen molar-refractivity contribution in [2.45, 2.75) is 25.3 Å². The van der Waals surface area contributed by atoms with Gasteiger partial charge in [-0.2, -0.15) is 5.10 Å². The zero-order valence-corrected chi connectivity index (χ0v) is 21.6. The van der Waals surface area contributed by atoms with Gasteiger partial charge in [0, 0.05) is 47.2 Å². The lowest BCUT2D eigenvalue weighted by Gasteiger charge is -2.36. The maximum Gasteiger partial charge on any atom is 0.296 e. The SMILES string of the molecule is [2H]C([2H])([2H])N1CCC([2H])(Oc2cc(OC)cc3ncnc(Nc4ccc(Oc5ccn6ncnc6c5)c(C)c4)c23)C(F)(F)C1. The average molecular weight is 552 g/mol. The molecule has 4 heterocycles. The molecule has 1 N–H and O–H groups in total. The number of hydrogen-bond acceptors (Lipinski definition) is 9. The molecule has 0 spiro atoms. The smallest absolute Gasteiger partial charge is 0.296 e. The van der Waals surface area contributed by atoms with Gasteiger partial charge < -0.3 is 24.4 Å². The number of aryl methyl sites for hydroxylation is 1. The number of nitrogens with one attached hydrogen (secondary N) is 1. The Hall–Kier alpha value is -4.58. The van der Waals surface area contributed by atoms with Gasteiger partial charge in [-0.15, -0.1) is 0 Å². The summed E-state index contributed by atoms with van der Waals surface area (Å²) in [5.41, 5.74) is 2.36. The molecule has 6 rings (SSSR count). The predicted molar refractivity (Wildman–Crippen MR) is 145 cm³/mol. The first-order chi connectivity index (χ1) is 20.8. The lowest BCUT2D eigenvalue weighted by molar-refractivity contribution is -0.134. The second-order valence-corrected chi connectivity index (χ2v) is 9.28. The van der Waals surface area contributed by atoms with E-state index in [1.165, 1.54) is 25.8 Å². The average Bonchev–Trinajstić information content (AvgIpc) is 3.43. The highest BCUT2D eigenvalue weighted by Gasteiger charge is 2.45. The minimum absolute atomic E-state index is 0.111. The predicted octanol–water partition coefficient (Wildman–Crippen LogP) is 5.24. The second kappa shape index (κ2) is 10.2. The highest BCUT2D eigenvalue weighted by Crippen LogP contribution is 2.39. The second-order valence-electron chi connectivity index (χ2n) is 9.28. The third kappa shape index (κ3) is 5.05. The maximum atomic E-state index is 15.3. The van der Waals surface area contributed by atoms with Crippen molar-refractivity contribution in [1.29, 1.82) is 0 Å². The fraction of sp³-hybridized carbons (Fsp3) is 0.286. The number of piperidine rings is 1. The Morgan fingerprint density at radius 2 is 1.98 bits per heavy atom. The molecule has 2 aromatic carbocycles. The Balaban J connectivity index is 1.31. The molecule has 10 nitrogen and oxygen atoms in total. The number of ether oxygens (including phenoxy) is 3. The molecule has 5 aromatic rings. The van der Waals surface area contributed by atoms with Crippen molar-refractivity contribution in [3.63, 3.8) is 0 Å². The minimum Gasteiger partial charge on any atom is -0.497 e. The van der Waals surface area contributed by atoms with Crippen molar-refractivity contribution >= 4 is 28.1 Å². The number of fused-ring (bicyclic) bond motifs is 2. The van der Waals surface area contributed by atoms with Gasteiger partial charge in [0.1, 0.15) is 41.5 Å². The van der Waals surface area contributed by atoms with E-state index in [0.29, 0.717) is 33.3 Å². The van der Waals surface area contributed by atoms with Crippen LogP contribution in [-0.2, 0) is 0 Å². The van der Waals surface area contributed by atoms with Crippen LogP contribution in [0.3, 0.4) is 0 Å². The number of alkyl halides is 2. The summed E-state index contributed by atoms with van der Waals surface area (Å²) >= 11 is 0. The lowest BCUT2D eigenvalue weighted by atomic mass is 10.0. The summed E-state index contributed by atoms with van der Waals surface area (Å²) in [6.07, 6.45) is 1.18. The molecule has 206 valence electrons. The highest BCUT2D eigenvalue weighted by atomic mass is 19.3. The summed E-state index contributed by atoms with van der Waals surface area (Å²) in [5, 5.41) is 7.51. The number of halogens is 2. The van der Waals surface area contributed by atoms with Gasteiger partial charge in [-0.05, 0) is 43.7 Å². The van der Waals surface area contributed by atoms with Gasteiger partial charge in [0.2, 0.25) is 0 Å². The minimum atomic E-state index is -3.82. The molecule has 1 aliphatic heterocycles. The third-order valence-corrected chi connectivity index (χ3v) is 6.47. The molecule has 0 saturated carbocycles. The van der Waals surface area contributed by atoms with E-state index in [1.54, 1.807) is 41.0 Å². The largest absolute Gasteiger partial charge is 0.497 e. The van der Waals surface area contributed by atoms with Crippen molar-refractivity contribution in [3.8, 4) is 23.0 Å². The van der Waals surface area contributed by atoms with E-state index in [0.717, 1.165) is 5.56 Å². The summed E-state index contributed by atoms with van der Waals surface area (Å²) in [7, 11) is 1.40. The first-order valence-electron chi connectivity index (χ1n) is 14.3. The number of benzene rings is 2. The van der Waals surface area contributed by atoms with Crippen LogP contribution >= 0.6 is 0 Å². The Bertz CT molecular complexity index is 1860. The molecule has 1 unspecified atom stereocenters. The van der Waals surface area contributed by atoms with Crippen LogP contribution in [-0.4, -0.2) is 68.6 Å². The van der Waals surface area contributed by atoms with E-state index in [2.05, 4.69) is 25.4 Å². The number of aromatic nitrogens is 5. The molecule has 1 atom stereocenters. The number of nitrogens with zero attached hydrogens (tertiary/aromatic N) is 6. The van der Waals surface area contributed by atoms with E-state index < -0.39 is 31.9 Å². The van der Waals surface area contributed by atoms with Crippen LogP contribution in [0.2, 0.25) is 0 Å². The van der Waals surface area contributed by atoms with Gasteiger partial charge >= 0.3 is 0 Å². The highest BCUT2D eigenvalue weighted by molar-refractivity contribution is 5.96. The van der Waals surface area contributed by atoms with Crippen molar-refractivity contribution in [2.75, 3.05) is 32.5 Å². The molecule has 1 aliphatic rings. The number of rotatable bonds is 7. The summed E-state index contributed by atoms with van der Waals surface area (Å²) in [6, 6.07) is 11.9. The topological polar surface area (TPSA) is 98.9 Å². The van der Waals surface area contributed by atoms with E-state index in [1.807, 2.05) is 13.0 Å². The van der Waals surface area contributed by atoms with Crippen molar-refractivity contribution in [3.05, 3.63) is 66.9 Å². The fourth-order valence-corrected chi connectivity index (χ4v) is 4.47. The van der Waals surface area contributed by atoms with E-state index in [-0.39, 0.29) is 29.2 Å². The molecule has 12 heteroatoms. The molecule has 40 heavy (non-hydrogen) atoms. The summed E-state index contributed by atoms with van der Waals surface area (Å²) in [4.78, 5) is 13.4. The zero-order chi connectivity index (χ0) is 31.3. The summed E-state index contributed by atoms with van der Waals surface area (Å²) < 4.78 is 80.7. The van der Waals surface area contributed by atoms with Crippen LogP contribution in [0.4, 0.5) is 20.3 Å². The molecule has 0 aliphatic carbocycles. The van der Waals surface area contributed by atoms with Gasteiger partial charge in [-0.3, -0.25) is 0 Å². The molecular weight excluding hydrogens is 520 g/mol. The first kappa shape index (κ1) is 21.3. The zero-order valence-electron chi connectivity index (χ0n) is 25.6. The van der Waals surface area contributed by atoms with Crippen LogP contribution in [0.25, 0.3) is 16.6 Å². The fourth-order valence-electron chi connectivity index (χ4n) is 4.47. The number of anilines is 2. The van der Waals surface area contributed by atoms with Crippen LogP contribution in [0.15, 0.2) is 61.3 Å². The molecule has 0 bridgehead atoms. The van der Waals surface area contributed by atoms with E-state index in [4.69, 9.17) is 19.7 Å². The number of pyridine rings is 1. The Kier molecular flexibility index (Phi) is 5.42. The number of methoxy groups -OCH3 is 1. The van der Waals surface area contributed by atoms with Gasteiger partial charge in [-0.25, -0.2) is 28.2 Å². The first-order valence-corrected chi connectivity index (χ1v) is 12.3. The Morgan fingerprint density at radius 1 is 1.07 bits per heavy atom. The molecule has 0 amide bonds.